The summed E-state index contributed by atoms with van der Waals surface area (Å²) in [6.45, 7) is 6.16. The van der Waals surface area contributed by atoms with Gasteiger partial charge in [-0.1, -0.05) is 13.8 Å². The number of nitrogens with one attached hydrogen (secondary N) is 1. The first-order valence-electron chi connectivity index (χ1n) is 7.41. The molecule has 0 saturated heterocycles. The number of carbonyl (C=O) groups is 1. The predicted molar refractivity (Wildman–Crippen MR) is 85.4 cm³/mol. The Morgan fingerprint density at radius 2 is 2.09 bits per heavy atom. The normalized spacial score (nSPS) is 13.4. The SMILES string of the molecule is CCCOc1c[nH]c(CS(=O)C(CC)C(=O)OCC)cc1=O. The molecule has 0 aliphatic rings. The molecule has 0 aromatic carbocycles. The van der Waals surface area contributed by atoms with E-state index in [2.05, 4.69) is 4.98 Å². The summed E-state index contributed by atoms with van der Waals surface area (Å²) in [4.78, 5) is 26.5. The van der Waals surface area contributed by atoms with Gasteiger partial charge in [-0.05, 0) is 19.8 Å². The molecule has 6 nitrogen and oxygen atoms in total. The van der Waals surface area contributed by atoms with E-state index in [1.165, 1.54) is 12.3 Å². The van der Waals surface area contributed by atoms with Gasteiger partial charge in [0.05, 0.1) is 19.0 Å². The summed E-state index contributed by atoms with van der Waals surface area (Å²) in [5.41, 5.74) is 0.248. The van der Waals surface area contributed by atoms with Gasteiger partial charge in [-0.2, -0.15) is 0 Å². The highest BCUT2D eigenvalue weighted by molar-refractivity contribution is 7.85. The number of rotatable bonds is 9. The maximum Gasteiger partial charge on any atom is 0.321 e. The lowest BCUT2D eigenvalue weighted by atomic mass is 10.3. The Morgan fingerprint density at radius 1 is 1.36 bits per heavy atom. The van der Waals surface area contributed by atoms with Gasteiger partial charge in [0.2, 0.25) is 5.43 Å². The zero-order valence-corrected chi connectivity index (χ0v) is 14.0. The fourth-order valence-corrected chi connectivity index (χ4v) is 3.19. The van der Waals surface area contributed by atoms with Crippen LogP contribution in [0.1, 0.15) is 39.3 Å². The van der Waals surface area contributed by atoms with Crippen molar-refractivity contribution in [2.45, 2.75) is 44.6 Å². The summed E-state index contributed by atoms with van der Waals surface area (Å²) in [5, 5.41) is -0.681. The molecule has 0 amide bonds. The second-order valence-electron chi connectivity index (χ2n) is 4.71. The molecule has 0 aliphatic heterocycles. The largest absolute Gasteiger partial charge is 0.488 e. The number of hydrogen-bond donors (Lipinski definition) is 1. The van der Waals surface area contributed by atoms with E-state index < -0.39 is 22.0 Å². The van der Waals surface area contributed by atoms with Crippen LogP contribution >= 0.6 is 0 Å². The van der Waals surface area contributed by atoms with E-state index in [1.54, 1.807) is 13.8 Å². The minimum atomic E-state index is -1.45. The number of aromatic nitrogens is 1. The van der Waals surface area contributed by atoms with Crippen LogP contribution in [0.4, 0.5) is 0 Å². The third-order valence-corrected chi connectivity index (χ3v) is 4.69. The average molecular weight is 329 g/mol. The zero-order chi connectivity index (χ0) is 16.5. The molecule has 1 aromatic heterocycles. The summed E-state index contributed by atoms with van der Waals surface area (Å²) in [5.74, 6) is -0.122. The molecule has 22 heavy (non-hydrogen) atoms. The number of aromatic amines is 1. The van der Waals surface area contributed by atoms with Crippen LogP contribution in [-0.2, 0) is 26.1 Å². The number of H-pyrrole nitrogens is 1. The van der Waals surface area contributed by atoms with Gasteiger partial charge in [-0.3, -0.25) is 13.8 Å². The molecule has 7 heteroatoms. The lowest BCUT2D eigenvalue weighted by Gasteiger charge is -2.13. The van der Waals surface area contributed by atoms with E-state index in [1.807, 2.05) is 6.92 Å². The standard InChI is InChI=1S/C15H23NO5S/c1-4-7-21-13-9-16-11(8-12(13)17)10-22(19)14(5-2)15(18)20-6-3/h8-9,14H,4-7,10H2,1-3H3,(H,16,17). The smallest absolute Gasteiger partial charge is 0.321 e. The van der Waals surface area contributed by atoms with Crippen LogP contribution < -0.4 is 10.2 Å². The van der Waals surface area contributed by atoms with Crippen molar-refractivity contribution in [2.75, 3.05) is 13.2 Å². The topological polar surface area (TPSA) is 85.5 Å². The van der Waals surface area contributed by atoms with E-state index in [4.69, 9.17) is 9.47 Å². The Hall–Kier alpha value is -1.63. The molecule has 0 bridgehead atoms. The van der Waals surface area contributed by atoms with Gasteiger partial charge in [-0.15, -0.1) is 0 Å². The minimum absolute atomic E-state index is 0.0978. The van der Waals surface area contributed by atoms with Crippen LogP contribution in [0.2, 0.25) is 0 Å². The van der Waals surface area contributed by atoms with Crippen LogP contribution in [0, 0.1) is 0 Å². The third-order valence-electron chi connectivity index (χ3n) is 2.93. The molecule has 1 heterocycles. The number of ether oxygens (including phenoxy) is 2. The van der Waals surface area contributed by atoms with Crippen molar-refractivity contribution >= 4 is 16.8 Å². The molecule has 0 saturated carbocycles. The Labute approximate surface area is 132 Å². The molecule has 2 unspecified atom stereocenters. The van der Waals surface area contributed by atoms with Crippen LogP contribution in [-0.4, -0.2) is 33.6 Å². The summed E-state index contributed by atoms with van der Waals surface area (Å²) in [6.07, 6.45) is 2.70. The fourth-order valence-electron chi connectivity index (χ4n) is 1.86. The van der Waals surface area contributed by atoms with E-state index >= 15 is 0 Å². The summed E-state index contributed by atoms with van der Waals surface area (Å²) in [7, 11) is -1.45. The average Bonchev–Trinajstić information content (AvgIpc) is 2.47. The first kappa shape index (κ1) is 18.4. The van der Waals surface area contributed by atoms with Crippen LogP contribution in [0.3, 0.4) is 0 Å². The highest BCUT2D eigenvalue weighted by atomic mass is 32.2. The van der Waals surface area contributed by atoms with Crippen molar-refractivity contribution in [1.82, 2.24) is 4.98 Å². The van der Waals surface area contributed by atoms with Crippen molar-refractivity contribution in [3.05, 3.63) is 28.2 Å². The molecule has 0 radical (unpaired) electrons. The second-order valence-corrected chi connectivity index (χ2v) is 6.33. The third kappa shape index (κ3) is 5.29. The molecule has 2 atom stereocenters. The number of esters is 1. The van der Waals surface area contributed by atoms with Crippen molar-refractivity contribution in [3.8, 4) is 5.75 Å². The van der Waals surface area contributed by atoms with E-state index in [9.17, 15) is 13.8 Å². The molecule has 1 rings (SSSR count). The monoisotopic (exact) mass is 329 g/mol. The number of carbonyl (C=O) groups excluding carboxylic acids is 1. The van der Waals surface area contributed by atoms with Gasteiger partial charge in [0.15, 0.2) is 5.75 Å². The molecule has 0 fully saturated rings. The molecule has 0 spiro atoms. The van der Waals surface area contributed by atoms with Crippen LogP contribution in [0.5, 0.6) is 5.75 Å². The Morgan fingerprint density at radius 3 is 2.64 bits per heavy atom. The highest BCUT2D eigenvalue weighted by Crippen LogP contribution is 2.11. The second kappa shape index (κ2) is 9.40. The predicted octanol–water partition coefficient (Wildman–Crippen LogP) is 1.75. The minimum Gasteiger partial charge on any atom is -0.488 e. The van der Waals surface area contributed by atoms with Gasteiger partial charge >= 0.3 is 5.97 Å². The fraction of sp³-hybridized carbons (Fsp3) is 0.600. The Kier molecular flexibility index (Phi) is 7.87. The van der Waals surface area contributed by atoms with Gasteiger partial charge < -0.3 is 14.5 Å². The Bertz CT molecular complexity index is 569. The van der Waals surface area contributed by atoms with Crippen molar-refractivity contribution in [2.24, 2.45) is 0 Å². The lowest BCUT2D eigenvalue weighted by Crippen LogP contribution is -2.28. The van der Waals surface area contributed by atoms with Crippen molar-refractivity contribution < 1.29 is 18.5 Å². The molecular formula is C15H23NO5S. The van der Waals surface area contributed by atoms with Crippen molar-refractivity contribution in [1.29, 1.82) is 0 Å². The van der Waals surface area contributed by atoms with E-state index in [-0.39, 0.29) is 23.5 Å². The molecular weight excluding hydrogens is 306 g/mol. The first-order chi connectivity index (χ1) is 10.5. The number of pyridine rings is 1. The molecule has 1 aromatic rings. The molecule has 124 valence electrons. The van der Waals surface area contributed by atoms with E-state index in [0.717, 1.165) is 6.42 Å². The first-order valence-corrected chi connectivity index (χ1v) is 8.79. The summed E-state index contributed by atoms with van der Waals surface area (Å²) < 4.78 is 22.5. The van der Waals surface area contributed by atoms with Gasteiger partial charge in [0, 0.05) is 28.8 Å². The summed E-state index contributed by atoms with van der Waals surface area (Å²) >= 11 is 0. The summed E-state index contributed by atoms with van der Waals surface area (Å²) in [6, 6.07) is 1.36. The maximum absolute atomic E-state index is 12.3. The number of hydrogen-bond acceptors (Lipinski definition) is 5. The van der Waals surface area contributed by atoms with Gasteiger partial charge in [-0.25, -0.2) is 0 Å². The zero-order valence-electron chi connectivity index (χ0n) is 13.2. The quantitative estimate of drug-likeness (QED) is 0.698. The van der Waals surface area contributed by atoms with Crippen molar-refractivity contribution in [3.63, 3.8) is 0 Å². The highest BCUT2D eigenvalue weighted by Gasteiger charge is 2.25. The Balaban J connectivity index is 2.77. The van der Waals surface area contributed by atoms with Gasteiger partial charge in [0.1, 0.15) is 5.25 Å². The molecule has 0 aliphatic carbocycles. The van der Waals surface area contributed by atoms with Gasteiger partial charge in [0.25, 0.3) is 0 Å². The lowest BCUT2D eigenvalue weighted by molar-refractivity contribution is -0.142. The maximum atomic E-state index is 12.3. The molecule has 1 N–H and O–H groups in total. The van der Waals surface area contributed by atoms with Crippen LogP contribution in [0.25, 0.3) is 0 Å². The van der Waals surface area contributed by atoms with E-state index in [0.29, 0.717) is 18.7 Å². The van der Waals surface area contributed by atoms with Crippen LogP contribution in [0.15, 0.2) is 17.1 Å².